The van der Waals surface area contributed by atoms with Crippen molar-refractivity contribution in [1.29, 1.82) is 5.41 Å². The number of aliphatic hydroxyl groups excluding tert-OH is 1. The molecule has 0 heterocycles. The van der Waals surface area contributed by atoms with Crippen LogP contribution in [0.15, 0.2) is 66.7 Å². The van der Waals surface area contributed by atoms with Gasteiger partial charge in [-0.2, -0.15) is 13.2 Å². The minimum atomic E-state index is -4.51. The van der Waals surface area contributed by atoms with Gasteiger partial charge in [-0.05, 0) is 67.1 Å². The van der Waals surface area contributed by atoms with Crippen LogP contribution in [0.1, 0.15) is 23.6 Å². The Morgan fingerprint density at radius 1 is 1.06 bits per heavy atom. The normalized spacial score (nSPS) is 12.4. The zero-order valence-electron chi connectivity index (χ0n) is 20.0. The van der Waals surface area contributed by atoms with Crippen LogP contribution in [0.5, 0.6) is 5.75 Å². The number of nitrogens with one attached hydrogen (secondary N) is 1. The van der Waals surface area contributed by atoms with E-state index in [0.29, 0.717) is 36.6 Å². The lowest BCUT2D eigenvalue weighted by molar-refractivity contribution is -0.137. The standard InChI is InChI=1S/C27H28ClF3N2O3/c1-3-35-26(32)20-8-11-23(12-9-20)36-17-22(34)16-33(2)15-18-4-6-19(7-5-18)24-13-10-21(28)14-25(24)27(29,30)31/h4-14,22,32,34H,3,15-17H2,1-2H3. The molecule has 3 aromatic carbocycles. The second-order valence-corrected chi connectivity index (χ2v) is 8.77. The Morgan fingerprint density at radius 2 is 1.72 bits per heavy atom. The van der Waals surface area contributed by atoms with Gasteiger partial charge in [0.25, 0.3) is 0 Å². The minimum absolute atomic E-state index is 0.0333. The van der Waals surface area contributed by atoms with E-state index in [0.717, 1.165) is 11.6 Å². The van der Waals surface area contributed by atoms with E-state index in [4.69, 9.17) is 26.5 Å². The maximum atomic E-state index is 13.4. The van der Waals surface area contributed by atoms with Crippen molar-refractivity contribution in [2.45, 2.75) is 25.7 Å². The molecule has 9 heteroatoms. The van der Waals surface area contributed by atoms with Gasteiger partial charge in [0.05, 0.1) is 12.2 Å². The average molecular weight is 521 g/mol. The first-order chi connectivity index (χ1) is 17.1. The molecule has 1 unspecified atom stereocenters. The molecular weight excluding hydrogens is 493 g/mol. The summed E-state index contributed by atoms with van der Waals surface area (Å²) in [6.45, 7) is 3.15. The molecule has 5 nitrogen and oxygen atoms in total. The van der Waals surface area contributed by atoms with E-state index in [-0.39, 0.29) is 23.1 Å². The van der Waals surface area contributed by atoms with Crippen LogP contribution >= 0.6 is 11.6 Å². The molecule has 0 aliphatic heterocycles. The molecule has 0 aliphatic carbocycles. The molecule has 0 saturated heterocycles. The van der Waals surface area contributed by atoms with E-state index in [1.807, 2.05) is 18.9 Å². The summed E-state index contributed by atoms with van der Waals surface area (Å²) in [6.07, 6.45) is -5.26. The number of rotatable bonds is 10. The van der Waals surface area contributed by atoms with Crippen molar-refractivity contribution in [3.05, 3.63) is 88.4 Å². The van der Waals surface area contributed by atoms with Gasteiger partial charge in [-0.3, -0.25) is 10.3 Å². The fourth-order valence-electron chi connectivity index (χ4n) is 3.70. The lowest BCUT2D eigenvalue weighted by Crippen LogP contribution is -2.32. The first-order valence-electron chi connectivity index (χ1n) is 11.3. The summed E-state index contributed by atoms with van der Waals surface area (Å²) in [5.41, 5.74) is 1.28. The maximum absolute atomic E-state index is 13.4. The lowest BCUT2D eigenvalue weighted by atomic mass is 9.98. The van der Waals surface area contributed by atoms with Gasteiger partial charge in [0.1, 0.15) is 18.5 Å². The first-order valence-corrected chi connectivity index (χ1v) is 11.7. The van der Waals surface area contributed by atoms with Gasteiger partial charge < -0.3 is 14.6 Å². The predicted molar refractivity (Wildman–Crippen MR) is 135 cm³/mol. The highest BCUT2D eigenvalue weighted by atomic mass is 35.5. The molecule has 0 spiro atoms. The SMILES string of the molecule is CCOC(=N)c1ccc(OCC(O)CN(C)Cc2ccc(-c3ccc(Cl)cc3C(F)(F)F)cc2)cc1. The number of ether oxygens (including phenoxy) is 2. The smallest absolute Gasteiger partial charge is 0.417 e. The monoisotopic (exact) mass is 520 g/mol. The highest BCUT2D eigenvalue weighted by Crippen LogP contribution is 2.38. The van der Waals surface area contributed by atoms with Crippen molar-refractivity contribution >= 4 is 17.5 Å². The number of likely N-dealkylation sites (N-methyl/N-ethyl adjacent to an activating group) is 1. The van der Waals surface area contributed by atoms with Crippen molar-refractivity contribution < 1.29 is 27.8 Å². The molecule has 0 bridgehead atoms. The third-order valence-electron chi connectivity index (χ3n) is 5.37. The van der Waals surface area contributed by atoms with E-state index in [2.05, 4.69) is 0 Å². The van der Waals surface area contributed by atoms with Gasteiger partial charge in [0.15, 0.2) is 0 Å². The summed E-state index contributed by atoms with van der Waals surface area (Å²) in [7, 11) is 1.84. The van der Waals surface area contributed by atoms with Gasteiger partial charge in [-0.1, -0.05) is 41.9 Å². The Bertz CT molecular complexity index is 1150. The molecule has 1 atom stereocenters. The molecule has 0 aromatic heterocycles. The van der Waals surface area contributed by atoms with Crippen molar-refractivity contribution in [3.63, 3.8) is 0 Å². The van der Waals surface area contributed by atoms with Gasteiger partial charge in [-0.15, -0.1) is 0 Å². The predicted octanol–water partition coefficient (Wildman–Crippen LogP) is 6.26. The number of halogens is 4. The van der Waals surface area contributed by atoms with E-state index >= 15 is 0 Å². The number of hydrogen-bond donors (Lipinski definition) is 2. The zero-order chi connectivity index (χ0) is 26.3. The summed E-state index contributed by atoms with van der Waals surface area (Å²) >= 11 is 5.77. The van der Waals surface area contributed by atoms with Crippen molar-refractivity contribution in [3.8, 4) is 16.9 Å². The largest absolute Gasteiger partial charge is 0.491 e. The van der Waals surface area contributed by atoms with Crippen LogP contribution in [0.3, 0.4) is 0 Å². The molecule has 0 saturated carbocycles. The lowest BCUT2D eigenvalue weighted by Gasteiger charge is -2.21. The van der Waals surface area contributed by atoms with Crippen LogP contribution in [0.2, 0.25) is 5.02 Å². The van der Waals surface area contributed by atoms with Gasteiger partial charge in [-0.25, -0.2) is 0 Å². The van der Waals surface area contributed by atoms with Crippen molar-refractivity contribution in [2.24, 2.45) is 0 Å². The summed E-state index contributed by atoms with van der Waals surface area (Å²) in [5.74, 6) is 0.661. The Hall–Kier alpha value is -3.07. The van der Waals surface area contributed by atoms with Crippen LogP contribution < -0.4 is 4.74 Å². The first kappa shape index (κ1) is 27.5. The van der Waals surface area contributed by atoms with Crippen LogP contribution in [-0.4, -0.2) is 48.8 Å². The quantitative estimate of drug-likeness (QED) is 0.245. The Balaban J connectivity index is 1.53. The summed E-state index contributed by atoms with van der Waals surface area (Å²) in [6, 6.07) is 17.5. The molecule has 0 amide bonds. The van der Waals surface area contributed by atoms with E-state index < -0.39 is 17.8 Å². The highest BCUT2D eigenvalue weighted by molar-refractivity contribution is 6.30. The van der Waals surface area contributed by atoms with Crippen LogP contribution in [0, 0.1) is 5.41 Å². The summed E-state index contributed by atoms with van der Waals surface area (Å²) in [4.78, 5) is 1.90. The molecule has 36 heavy (non-hydrogen) atoms. The van der Waals surface area contributed by atoms with Gasteiger partial charge in [0.2, 0.25) is 5.90 Å². The minimum Gasteiger partial charge on any atom is -0.491 e. The average Bonchev–Trinajstić information content (AvgIpc) is 2.83. The third-order valence-corrected chi connectivity index (χ3v) is 5.61. The highest BCUT2D eigenvalue weighted by Gasteiger charge is 2.33. The van der Waals surface area contributed by atoms with E-state index in [1.165, 1.54) is 12.1 Å². The summed E-state index contributed by atoms with van der Waals surface area (Å²) < 4.78 is 51.1. The van der Waals surface area contributed by atoms with Gasteiger partial charge in [0, 0.05) is 23.7 Å². The van der Waals surface area contributed by atoms with E-state index in [9.17, 15) is 18.3 Å². The zero-order valence-corrected chi connectivity index (χ0v) is 20.7. The fourth-order valence-corrected chi connectivity index (χ4v) is 3.88. The number of nitrogens with zero attached hydrogens (tertiary/aromatic N) is 1. The Kier molecular flexibility index (Phi) is 9.37. The molecule has 192 valence electrons. The number of alkyl halides is 3. The Labute approximate surface area is 213 Å². The van der Waals surface area contributed by atoms with Gasteiger partial charge >= 0.3 is 6.18 Å². The molecule has 3 aromatic rings. The Morgan fingerprint density at radius 3 is 2.33 bits per heavy atom. The van der Waals surface area contributed by atoms with Crippen LogP contribution in [0.25, 0.3) is 11.1 Å². The fraction of sp³-hybridized carbons (Fsp3) is 0.296. The number of aliphatic hydroxyl groups is 1. The molecule has 3 rings (SSSR count). The number of hydrogen-bond acceptors (Lipinski definition) is 5. The summed E-state index contributed by atoms with van der Waals surface area (Å²) in [5, 5.41) is 18.2. The van der Waals surface area contributed by atoms with Crippen molar-refractivity contribution in [1.82, 2.24) is 4.90 Å². The van der Waals surface area contributed by atoms with E-state index in [1.54, 1.807) is 48.5 Å². The second kappa shape index (κ2) is 12.3. The number of benzene rings is 3. The van der Waals surface area contributed by atoms with Crippen molar-refractivity contribution in [2.75, 3.05) is 26.8 Å². The van der Waals surface area contributed by atoms with Crippen LogP contribution in [-0.2, 0) is 17.5 Å². The molecular formula is C27H28ClF3N2O3. The molecule has 0 radical (unpaired) electrons. The van der Waals surface area contributed by atoms with Crippen LogP contribution in [0.4, 0.5) is 13.2 Å². The molecule has 2 N–H and O–H groups in total. The molecule has 0 aliphatic rings. The maximum Gasteiger partial charge on any atom is 0.417 e. The third kappa shape index (κ3) is 7.71. The topological polar surface area (TPSA) is 65.8 Å². The molecule has 0 fully saturated rings. The second-order valence-electron chi connectivity index (χ2n) is 8.33.